The molecule has 1 unspecified atom stereocenters. The molecular weight excluding hydrogens is 584 g/mol. The zero-order valence-corrected chi connectivity index (χ0v) is 24.8. The van der Waals surface area contributed by atoms with Crippen LogP contribution in [0.15, 0.2) is 75.3 Å². The Morgan fingerprint density at radius 2 is 1.65 bits per heavy atom. The van der Waals surface area contributed by atoms with E-state index in [2.05, 4.69) is 4.98 Å². The molecule has 0 amide bonds. The molecule has 230 valence electrons. The van der Waals surface area contributed by atoms with Gasteiger partial charge in [-0.25, -0.2) is 4.79 Å². The van der Waals surface area contributed by atoms with Crippen LogP contribution in [0.1, 0.15) is 36.8 Å². The van der Waals surface area contributed by atoms with Crippen LogP contribution in [0.5, 0.6) is 0 Å². The summed E-state index contributed by atoms with van der Waals surface area (Å²) >= 11 is 0. The highest BCUT2D eigenvalue weighted by Crippen LogP contribution is 2.42. The lowest BCUT2D eigenvalue weighted by Crippen LogP contribution is -2.53. The van der Waals surface area contributed by atoms with Gasteiger partial charge in [0.05, 0.1) is 11.5 Å². The summed E-state index contributed by atoms with van der Waals surface area (Å²) in [5.41, 5.74) is -1.78. The number of hydrogen-bond acceptors (Lipinski definition) is 11. The first-order valence-electron chi connectivity index (χ1n) is 13.2. The van der Waals surface area contributed by atoms with Gasteiger partial charge in [0, 0.05) is 25.6 Å². The standard InChI is InChI=1S/C29H32N2O11S/c1-18-10-12-23(13-11-18)43(36,37)40-17-29(16-39-20(3)32)25(38-15-22-8-6-5-7-9-22)24(41-21(4)33)27(42-29)31-14-19(2)26(34)30-28(31)35/h5-14,24-25,27H,15-17H2,1-4H3,(H,30,34,35)/t24?,25-,27+,29-/m0/s1. The molecule has 13 nitrogen and oxygen atoms in total. The molecule has 1 fully saturated rings. The van der Waals surface area contributed by atoms with Gasteiger partial charge in [-0.2, -0.15) is 8.42 Å². The van der Waals surface area contributed by atoms with E-state index >= 15 is 0 Å². The summed E-state index contributed by atoms with van der Waals surface area (Å²) < 4.78 is 56.3. The molecule has 2 aromatic carbocycles. The summed E-state index contributed by atoms with van der Waals surface area (Å²) in [4.78, 5) is 51.4. The fraction of sp³-hybridized carbons (Fsp3) is 0.379. The van der Waals surface area contributed by atoms with Gasteiger partial charge in [-0.1, -0.05) is 48.0 Å². The monoisotopic (exact) mass is 616 g/mol. The molecule has 3 aromatic rings. The molecule has 1 saturated heterocycles. The average Bonchev–Trinajstić information content (AvgIpc) is 3.24. The number of hydrogen-bond donors (Lipinski definition) is 1. The van der Waals surface area contributed by atoms with Gasteiger partial charge in [0.15, 0.2) is 17.9 Å². The van der Waals surface area contributed by atoms with Crippen molar-refractivity contribution in [3.05, 3.63) is 98.3 Å². The summed E-state index contributed by atoms with van der Waals surface area (Å²) in [5.74, 6) is -1.49. The Balaban J connectivity index is 1.82. The van der Waals surface area contributed by atoms with E-state index in [-0.39, 0.29) is 17.1 Å². The van der Waals surface area contributed by atoms with Crippen molar-refractivity contribution in [2.45, 2.75) is 63.2 Å². The van der Waals surface area contributed by atoms with Gasteiger partial charge in [0.2, 0.25) is 0 Å². The quantitative estimate of drug-likeness (QED) is 0.247. The Labute approximate surface area is 247 Å². The number of carbonyl (C=O) groups excluding carboxylic acids is 2. The van der Waals surface area contributed by atoms with E-state index in [1.807, 2.05) is 0 Å². The second-order valence-corrected chi connectivity index (χ2v) is 11.8. The molecule has 0 spiro atoms. The van der Waals surface area contributed by atoms with Crippen LogP contribution in [0, 0.1) is 13.8 Å². The van der Waals surface area contributed by atoms with Gasteiger partial charge in [0.1, 0.15) is 19.3 Å². The molecule has 2 heterocycles. The third kappa shape index (κ3) is 7.46. The molecule has 1 aliphatic rings. The second-order valence-electron chi connectivity index (χ2n) is 10.2. The molecule has 4 atom stereocenters. The first kappa shape index (κ1) is 31.8. The molecule has 1 aromatic heterocycles. The number of esters is 2. The number of rotatable bonds is 11. The third-order valence-electron chi connectivity index (χ3n) is 6.74. The predicted octanol–water partition coefficient (Wildman–Crippen LogP) is 1.91. The first-order valence-corrected chi connectivity index (χ1v) is 14.6. The lowest BCUT2D eigenvalue weighted by molar-refractivity contribution is -0.179. The lowest BCUT2D eigenvalue weighted by atomic mass is 9.96. The summed E-state index contributed by atoms with van der Waals surface area (Å²) in [6.45, 7) is 4.10. The van der Waals surface area contributed by atoms with Gasteiger partial charge >= 0.3 is 17.6 Å². The number of benzene rings is 2. The van der Waals surface area contributed by atoms with Crippen LogP contribution in [0.4, 0.5) is 0 Å². The van der Waals surface area contributed by atoms with Gasteiger partial charge in [0.25, 0.3) is 15.7 Å². The van der Waals surface area contributed by atoms with Crippen molar-refractivity contribution in [3.8, 4) is 0 Å². The molecule has 1 N–H and O–H groups in total. The van der Waals surface area contributed by atoms with Crippen LogP contribution in [-0.2, 0) is 49.4 Å². The molecule has 0 saturated carbocycles. The predicted molar refractivity (Wildman–Crippen MR) is 150 cm³/mol. The number of H-pyrrole nitrogens is 1. The Hall–Kier alpha value is -4.11. The third-order valence-corrected chi connectivity index (χ3v) is 8.01. The number of aromatic amines is 1. The van der Waals surface area contributed by atoms with E-state index in [0.29, 0.717) is 5.56 Å². The minimum atomic E-state index is -4.37. The summed E-state index contributed by atoms with van der Waals surface area (Å²) in [7, 11) is -4.37. The second kappa shape index (κ2) is 13.0. The van der Waals surface area contributed by atoms with Crippen molar-refractivity contribution in [3.63, 3.8) is 0 Å². The maximum atomic E-state index is 13.2. The van der Waals surface area contributed by atoms with Crippen molar-refractivity contribution < 1.29 is 41.1 Å². The van der Waals surface area contributed by atoms with Crippen LogP contribution < -0.4 is 11.2 Å². The van der Waals surface area contributed by atoms with Crippen molar-refractivity contribution >= 4 is 22.1 Å². The van der Waals surface area contributed by atoms with Gasteiger partial charge in [-0.3, -0.25) is 28.1 Å². The van der Waals surface area contributed by atoms with Gasteiger partial charge in [-0.15, -0.1) is 0 Å². The van der Waals surface area contributed by atoms with Crippen LogP contribution in [0.3, 0.4) is 0 Å². The molecule has 0 bridgehead atoms. The largest absolute Gasteiger partial charge is 0.463 e. The maximum Gasteiger partial charge on any atom is 0.330 e. The number of ether oxygens (including phenoxy) is 4. The highest BCUT2D eigenvalue weighted by molar-refractivity contribution is 7.86. The zero-order valence-electron chi connectivity index (χ0n) is 24.0. The van der Waals surface area contributed by atoms with E-state index < -0.39 is 70.6 Å². The normalized spacial score (nSPS) is 21.8. The van der Waals surface area contributed by atoms with Gasteiger partial charge in [-0.05, 0) is 31.5 Å². The Morgan fingerprint density at radius 1 is 0.977 bits per heavy atom. The topological polar surface area (TPSA) is 169 Å². The Bertz CT molecular complexity index is 1680. The highest BCUT2D eigenvalue weighted by Gasteiger charge is 2.60. The minimum Gasteiger partial charge on any atom is -0.463 e. The van der Waals surface area contributed by atoms with E-state index in [1.165, 1.54) is 25.3 Å². The molecule has 1 aliphatic heterocycles. The van der Waals surface area contributed by atoms with E-state index in [4.69, 9.17) is 23.1 Å². The smallest absolute Gasteiger partial charge is 0.330 e. The summed E-state index contributed by atoms with van der Waals surface area (Å²) in [6, 6.07) is 14.8. The summed E-state index contributed by atoms with van der Waals surface area (Å²) in [5, 5.41) is 0. The fourth-order valence-corrected chi connectivity index (χ4v) is 5.54. The van der Waals surface area contributed by atoms with Crippen LogP contribution in [0.25, 0.3) is 0 Å². The number of aryl methyl sites for hydroxylation is 2. The maximum absolute atomic E-state index is 13.2. The van der Waals surface area contributed by atoms with E-state index in [9.17, 15) is 27.6 Å². The number of carbonyl (C=O) groups is 2. The number of aromatic nitrogens is 2. The number of nitrogens with zero attached hydrogens (tertiary/aromatic N) is 1. The highest BCUT2D eigenvalue weighted by atomic mass is 32.2. The minimum absolute atomic E-state index is 0.0641. The molecule has 0 aliphatic carbocycles. The molecule has 14 heteroatoms. The lowest BCUT2D eigenvalue weighted by Gasteiger charge is -2.33. The Morgan fingerprint density at radius 3 is 2.28 bits per heavy atom. The molecule has 4 rings (SSSR count). The van der Waals surface area contributed by atoms with Crippen LogP contribution >= 0.6 is 0 Å². The Kier molecular flexibility index (Phi) is 9.65. The average molecular weight is 617 g/mol. The molecule has 0 radical (unpaired) electrons. The first-order chi connectivity index (χ1) is 20.3. The SMILES string of the molecule is CC(=O)OC[C@@]1(COS(=O)(=O)c2ccc(C)cc2)O[C@@H](n2cc(C)c(=O)[nH]c2=O)C(OC(C)=O)[C@@H]1OCc1ccccc1. The van der Waals surface area contributed by atoms with Crippen molar-refractivity contribution in [2.75, 3.05) is 13.2 Å². The molecular formula is C29H32N2O11S. The van der Waals surface area contributed by atoms with E-state index in [0.717, 1.165) is 24.0 Å². The van der Waals surface area contributed by atoms with Crippen LogP contribution in [0.2, 0.25) is 0 Å². The van der Waals surface area contributed by atoms with Crippen molar-refractivity contribution in [1.82, 2.24) is 9.55 Å². The van der Waals surface area contributed by atoms with Gasteiger partial charge < -0.3 is 18.9 Å². The van der Waals surface area contributed by atoms with Crippen molar-refractivity contribution in [1.29, 1.82) is 0 Å². The van der Waals surface area contributed by atoms with Crippen molar-refractivity contribution in [2.24, 2.45) is 0 Å². The zero-order chi connectivity index (χ0) is 31.4. The molecule has 43 heavy (non-hydrogen) atoms. The van der Waals surface area contributed by atoms with E-state index in [1.54, 1.807) is 49.4 Å². The fourth-order valence-electron chi connectivity index (χ4n) is 4.58. The van der Waals surface area contributed by atoms with Crippen LogP contribution in [-0.4, -0.2) is 60.9 Å². The summed E-state index contributed by atoms with van der Waals surface area (Å²) in [6.07, 6.45) is -2.96. The number of nitrogens with one attached hydrogen (secondary N) is 1.